The van der Waals surface area contributed by atoms with Gasteiger partial charge in [0.25, 0.3) is 0 Å². The molecule has 2 nitrogen and oxygen atoms in total. The Morgan fingerprint density at radius 1 is 1.42 bits per heavy atom. The van der Waals surface area contributed by atoms with Crippen LogP contribution in [0.25, 0.3) is 0 Å². The topological polar surface area (TPSA) is 26.3 Å². The van der Waals surface area contributed by atoms with Gasteiger partial charge in [0.15, 0.2) is 5.60 Å². The minimum Gasteiger partial charge on any atom is -0.366 e. The van der Waals surface area contributed by atoms with E-state index >= 15 is 0 Å². The fraction of sp³-hybridized carbons (Fsp3) is 0.857. The molecule has 0 aliphatic heterocycles. The Balaban J connectivity index is 4.48. The minimum absolute atomic E-state index is 0.0656. The average Bonchev–Trinajstić information content (AvgIpc) is 1.86. The first-order valence-electron chi connectivity index (χ1n) is 3.51. The predicted molar refractivity (Wildman–Crippen MR) is 36.8 cm³/mol. The molecule has 0 saturated heterocycles. The largest absolute Gasteiger partial charge is 0.417 e. The summed E-state index contributed by atoms with van der Waals surface area (Å²) >= 11 is 0. The van der Waals surface area contributed by atoms with Crippen LogP contribution < -0.4 is 0 Å². The Bertz CT molecular complexity index is 155. The monoisotopic (exact) mass is 184 g/mol. The van der Waals surface area contributed by atoms with Crippen molar-refractivity contribution < 1.29 is 22.7 Å². The molecule has 5 heteroatoms. The van der Waals surface area contributed by atoms with Crippen molar-refractivity contribution in [1.29, 1.82) is 0 Å². The second kappa shape index (κ2) is 3.89. The average molecular weight is 184 g/mol. The van der Waals surface area contributed by atoms with Crippen molar-refractivity contribution in [3.63, 3.8) is 0 Å². The Morgan fingerprint density at radius 2 is 1.92 bits per heavy atom. The zero-order valence-corrected chi connectivity index (χ0v) is 6.94. The summed E-state index contributed by atoms with van der Waals surface area (Å²) in [6, 6.07) is 0. The maximum atomic E-state index is 12.2. The molecule has 0 bridgehead atoms. The highest BCUT2D eigenvalue weighted by Crippen LogP contribution is 2.35. The van der Waals surface area contributed by atoms with E-state index in [1.54, 1.807) is 0 Å². The van der Waals surface area contributed by atoms with Gasteiger partial charge in [0.1, 0.15) is 6.29 Å². The van der Waals surface area contributed by atoms with Crippen molar-refractivity contribution in [2.45, 2.75) is 32.0 Å². The Kier molecular flexibility index (Phi) is 3.70. The highest BCUT2D eigenvalue weighted by Gasteiger charge is 2.51. The lowest BCUT2D eigenvalue weighted by molar-refractivity contribution is -0.268. The zero-order valence-electron chi connectivity index (χ0n) is 6.94. The van der Waals surface area contributed by atoms with Crippen molar-refractivity contribution in [3.8, 4) is 0 Å². The molecule has 0 rings (SSSR count). The molecular weight excluding hydrogens is 173 g/mol. The van der Waals surface area contributed by atoms with Gasteiger partial charge in [-0.2, -0.15) is 13.2 Å². The molecule has 0 fully saturated rings. The molecule has 1 atom stereocenters. The van der Waals surface area contributed by atoms with Gasteiger partial charge >= 0.3 is 6.18 Å². The summed E-state index contributed by atoms with van der Waals surface area (Å²) in [6.45, 7) is 2.25. The molecule has 0 aromatic rings. The molecule has 0 aliphatic carbocycles. The molecule has 0 aromatic carbocycles. The fourth-order valence-corrected chi connectivity index (χ4v) is 0.734. The lowest BCUT2D eigenvalue weighted by atomic mass is 10.0. The first kappa shape index (κ1) is 11.4. The number of alkyl halides is 3. The van der Waals surface area contributed by atoms with Gasteiger partial charge in [0, 0.05) is 13.0 Å². The molecular formula is C7H11F3O2. The summed E-state index contributed by atoms with van der Waals surface area (Å²) in [5.41, 5.74) is -2.33. The van der Waals surface area contributed by atoms with Gasteiger partial charge in [-0.3, -0.25) is 0 Å². The number of halogens is 3. The van der Waals surface area contributed by atoms with E-state index in [0.29, 0.717) is 0 Å². The molecule has 12 heavy (non-hydrogen) atoms. The van der Waals surface area contributed by atoms with Crippen LogP contribution in [-0.2, 0) is 9.53 Å². The van der Waals surface area contributed by atoms with Gasteiger partial charge in [-0.25, -0.2) is 0 Å². The summed E-state index contributed by atoms with van der Waals surface area (Å²) < 4.78 is 41.1. The molecule has 0 amide bonds. The summed E-state index contributed by atoms with van der Waals surface area (Å²) in [4.78, 5) is 9.96. The van der Waals surface area contributed by atoms with Crippen molar-refractivity contribution in [3.05, 3.63) is 0 Å². The van der Waals surface area contributed by atoms with Crippen LogP contribution in [0.4, 0.5) is 13.2 Å². The van der Waals surface area contributed by atoms with E-state index in [4.69, 9.17) is 0 Å². The molecule has 0 N–H and O–H groups in total. The number of ether oxygens (including phenoxy) is 1. The van der Waals surface area contributed by atoms with Crippen LogP contribution in [0.15, 0.2) is 0 Å². The van der Waals surface area contributed by atoms with Crippen LogP contribution in [-0.4, -0.2) is 24.7 Å². The van der Waals surface area contributed by atoms with E-state index in [-0.39, 0.29) is 12.9 Å². The first-order valence-corrected chi connectivity index (χ1v) is 3.51. The van der Waals surface area contributed by atoms with Crippen LogP contribution in [0, 0.1) is 0 Å². The van der Waals surface area contributed by atoms with Crippen molar-refractivity contribution in [2.75, 3.05) is 6.61 Å². The Labute approximate surface area is 68.7 Å². The third-order valence-corrected chi connectivity index (χ3v) is 1.54. The third-order valence-electron chi connectivity index (χ3n) is 1.54. The lowest BCUT2D eigenvalue weighted by Gasteiger charge is -2.29. The van der Waals surface area contributed by atoms with Crippen molar-refractivity contribution in [1.82, 2.24) is 0 Å². The molecule has 0 aromatic heterocycles. The van der Waals surface area contributed by atoms with Crippen molar-refractivity contribution in [2.24, 2.45) is 0 Å². The lowest BCUT2D eigenvalue weighted by Crippen LogP contribution is -2.45. The van der Waals surface area contributed by atoms with E-state index in [2.05, 4.69) is 4.74 Å². The number of hydrogen-bond donors (Lipinski definition) is 0. The van der Waals surface area contributed by atoms with E-state index < -0.39 is 18.2 Å². The third kappa shape index (κ3) is 2.48. The van der Waals surface area contributed by atoms with E-state index in [9.17, 15) is 18.0 Å². The van der Waals surface area contributed by atoms with Gasteiger partial charge in [-0.15, -0.1) is 0 Å². The van der Waals surface area contributed by atoms with Gasteiger partial charge in [0.2, 0.25) is 0 Å². The molecule has 0 heterocycles. The van der Waals surface area contributed by atoms with Gasteiger partial charge in [-0.05, 0) is 13.8 Å². The summed E-state index contributed by atoms with van der Waals surface area (Å²) in [7, 11) is 0. The standard InChI is InChI=1S/C7H11F3O2/c1-3-12-6(2,4-5-11)7(8,9)10/h5H,3-4H2,1-2H3. The van der Waals surface area contributed by atoms with Crippen LogP contribution in [0.1, 0.15) is 20.3 Å². The van der Waals surface area contributed by atoms with Gasteiger partial charge in [0.05, 0.1) is 0 Å². The Hall–Kier alpha value is -0.580. The highest BCUT2D eigenvalue weighted by atomic mass is 19.4. The SMILES string of the molecule is CCOC(C)(CC=O)C(F)(F)F. The number of aldehydes is 1. The number of carbonyl (C=O) groups is 1. The van der Waals surface area contributed by atoms with E-state index in [0.717, 1.165) is 6.92 Å². The number of hydrogen-bond acceptors (Lipinski definition) is 2. The predicted octanol–water partition coefficient (Wildman–Crippen LogP) is 1.93. The normalized spacial score (nSPS) is 17.1. The number of rotatable bonds is 4. The molecule has 0 spiro atoms. The second-order valence-electron chi connectivity index (χ2n) is 2.53. The first-order chi connectivity index (χ1) is 5.37. The maximum absolute atomic E-state index is 12.2. The summed E-state index contributed by atoms with van der Waals surface area (Å²) in [5, 5.41) is 0. The molecule has 0 aliphatic rings. The molecule has 1 unspecified atom stereocenters. The highest BCUT2D eigenvalue weighted by molar-refractivity contribution is 5.51. The van der Waals surface area contributed by atoms with E-state index in [1.165, 1.54) is 6.92 Å². The van der Waals surface area contributed by atoms with Crippen LogP contribution in [0.3, 0.4) is 0 Å². The summed E-state index contributed by atoms with van der Waals surface area (Å²) in [6.07, 6.45) is -4.95. The zero-order chi connectivity index (χ0) is 9.83. The van der Waals surface area contributed by atoms with Crippen LogP contribution in [0.2, 0.25) is 0 Å². The summed E-state index contributed by atoms with van der Waals surface area (Å²) in [5.74, 6) is 0. The van der Waals surface area contributed by atoms with E-state index in [1.807, 2.05) is 0 Å². The fourth-order valence-electron chi connectivity index (χ4n) is 0.734. The van der Waals surface area contributed by atoms with Gasteiger partial charge < -0.3 is 9.53 Å². The number of carbonyl (C=O) groups excluding carboxylic acids is 1. The second-order valence-corrected chi connectivity index (χ2v) is 2.53. The minimum atomic E-state index is -4.50. The van der Waals surface area contributed by atoms with Crippen LogP contribution >= 0.6 is 0 Å². The molecule has 0 radical (unpaired) electrons. The maximum Gasteiger partial charge on any atom is 0.417 e. The smallest absolute Gasteiger partial charge is 0.366 e. The van der Waals surface area contributed by atoms with Gasteiger partial charge in [-0.1, -0.05) is 0 Å². The van der Waals surface area contributed by atoms with Crippen LogP contribution in [0.5, 0.6) is 0 Å². The van der Waals surface area contributed by atoms with Crippen molar-refractivity contribution >= 4 is 6.29 Å². The molecule has 0 saturated carbocycles. The Morgan fingerprint density at radius 3 is 2.17 bits per heavy atom. The molecule has 72 valence electrons. The quantitative estimate of drug-likeness (QED) is 0.624.